The average molecular weight is 483 g/mol. The molecule has 1 aromatic heterocycles. The third-order valence-electron chi connectivity index (χ3n) is 5.69. The van der Waals surface area contributed by atoms with Gasteiger partial charge in [-0.1, -0.05) is 44.0 Å². The lowest BCUT2D eigenvalue weighted by molar-refractivity contribution is -0.116. The van der Waals surface area contributed by atoms with Crippen LogP contribution in [0.2, 0.25) is 10.0 Å². The molecule has 0 radical (unpaired) electrons. The molecule has 3 rings (SSSR count). The molecule has 2 aromatic rings. The summed E-state index contributed by atoms with van der Waals surface area (Å²) in [4.78, 5) is 25.8. The third kappa shape index (κ3) is 5.93. The highest BCUT2D eigenvalue weighted by atomic mass is 35.5. The molecule has 5 nitrogen and oxygen atoms in total. The van der Waals surface area contributed by atoms with E-state index >= 15 is 0 Å². The van der Waals surface area contributed by atoms with Crippen LogP contribution in [0.3, 0.4) is 0 Å². The summed E-state index contributed by atoms with van der Waals surface area (Å²) < 4.78 is 5.62. The Morgan fingerprint density at radius 1 is 1.29 bits per heavy atom. The van der Waals surface area contributed by atoms with Crippen molar-refractivity contribution in [2.45, 2.75) is 52.9 Å². The Kier molecular flexibility index (Phi) is 7.55. The third-order valence-corrected chi connectivity index (χ3v) is 7.39. The monoisotopic (exact) mass is 482 g/mol. The number of benzene rings is 1. The molecule has 31 heavy (non-hydrogen) atoms. The first-order chi connectivity index (χ1) is 14.6. The number of hydrogen-bond acceptors (Lipinski definition) is 4. The lowest BCUT2D eigenvalue weighted by Crippen LogP contribution is -2.27. The van der Waals surface area contributed by atoms with Crippen molar-refractivity contribution in [3.8, 4) is 5.75 Å². The number of hydrogen-bond donors (Lipinski definition) is 2. The fraction of sp³-hybridized carbons (Fsp3) is 0.478. The number of thiophene rings is 1. The van der Waals surface area contributed by atoms with Crippen LogP contribution in [0.1, 0.15) is 60.8 Å². The van der Waals surface area contributed by atoms with Gasteiger partial charge in [-0.15, -0.1) is 11.3 Å². The van der Waals surface area contributed by atoms with Gasteiger partial charge in [-0.25, -0.2) is 0 Å². The minimum Gasteiger partial charge on any atom is -0.492 e. The van der Waals surface area contributed by atoms with E-state index in [2.05, 4.69) is 26.1 Å². The molecule has 2 amide bonds. The van der Waals surface area contributed by atoms with Gasteiger partial charge in [0.2, 0.25) is 5.91 Å². The molecule has 1 aliphatic carbocycles. The Morgan fingerprint density at radius 3 is 2.68 bits per heavy atom. The van der Waals surface area contributed by atoms with E-state index in [-0.39, 0.29) is 17.7 Å². The molecule has 0 fully saturated rings. The molecule has 0 unspecified atom stereocenters. The van der Waals surface area contributed by atoms with Gasteiger partial charge in [0, 0.05) is 16.3 Å². The number of nitrogens with one attached hydrogen (secondary N) is 1. The van der Waals surface area contributed by atoms with Gasteiger partial charge in [0.05, 0.1) is 17.2 Å². The molecule has 0 saturated carbocycles. The van der Waals surface area contributed by atoms with Gasteiger partial charge >= 0.3 is 0 Å². The summed E-state index contributed by atoms with van der Waals surface area (Å²) >= 11 is 13.4. The summed E-state index contributed by atoms with van der Waals surface area (Å²) in [5, 5.41) is 4.44. The van der Waals surface area contributed by atoms with Crippen LogP contribution < -0.4 is 15.8 Å². The van der Waals surface area contributed by atoms with Crippen LogP contribution in [0.25, 0.3) is 0 Å². The lowest BCUT2D eigenvalue weighted by Gasteiger charge is -2.33. The van der Waals surface area contributed by atoms with Crippen molar-refractivity contribution in [1.82, 2.24) is 0 Å². The van der Waals surface area contributed by atoms with Gasteiger partial charge in [0.1, 0.15) is 10.8 Å². The SMILES string of the molecule is CC(C)(C)[C@@H]1CCc2c(sc(NC(=O)CCCOc3ccc(Cl)cc3Cl)c2C(N)=O)C1. The zero-order chi connectivity index (χ0) is 22.8. The summed E-state index contributed by atoms with van der Waals surface area (Å²) in [6.45, 7) is 7.07. The molecule has 8 heteroatoms. The second kappa shape index (κ2) is 9.80. The van der Waals surface area contributed by atoms with Gasteiger partial charge < -0.3 is 15.8 Å². The summed E-state index contributed by atoms with van der Waals surface area (Å²) in [6, 6.07) is 5.01. The van der Waals surface area contributed by atoms with E-state index in [4.69, 9.17) is 33.7 Å². The first-order valence-electron chi connectivity index (χ1n) is 10.4. The Morgan fingerprint density at radius 2 is 2.03 bits per heavy atom. The summed E-state index contributed by atoms with van der Waals surface area (Å²) in [5.74, 6) is 0.420. The van der Waals surface area contributed by atoms with Crippen molar-refractivity contribution < 1.29 is 14.3 Å². The smallest absolute Gasteiger partial charge is 0.251 e. The van der Waals surface area contributed by atoms with Crippen LogP contribution >= 0.6 is 34.5 Å². The van der Waals surface area contributed by atoms with E-state index in [1.165, 1.54) is 11.3 Å². The number of nitrogens with two attached hydrogens (primary N) is 1. The topological polar surface area (TPSA) is 81.4 Å². The highest BCUT2D eigenvalue weighted by Gasteiger charge is 2.33. The molecule has 0 bridgehead atoms. The second-order valence-electron chi connectivity index (χ2n) is 8.95. The Labute approximate surface area is 197 Å². The number of primary amides is 1. The van der Waals surface area contributed by atoms with Crippen molar-refractivity contribution in [1.29, 1.82) is 0 Å². The Hall–Kier alpha value is -1.76. The number of halogens is 2. The van der Waals surface area contributed by atoms with Crippen LogP contribution in [-0.2, 0) is 17.6 Å². The molecule has 1 heterocycles. The predicted molar refractivity (Wildman–Crippen MR) is 128 cm³/mol. The summed E-state index contributed by atoms with van der Waals surface area (Å²) in [5.41, 5.74) is 7.35. The molecule has 3 N–H and O–H groups in total. The molecular weight excluding hydrogens is 455 g/mol. The minimum absolute atomic E-state index is 0.167. The number of fused-ring (bicyclic) bond motifs is 1. The van der Waals surface area contributed by atoms with E-state index in [9.17, 15) is 9.59 Å². The molecule has 1 atom stereocenters. The van der Waals surface area contributed by atoms with Crippen LogP contribution in [0.4, 0.5) is 5.00 Å². The van der Waals surface area contributed by atoms with E-state index in [1.54, 1.807) is 18.2 Å². The fourth-order valence-corrected chi connectivity index (χ4v) is 5.68. The number of anilines is 1. The number of rotatable bonds is 7. The van der Waals surface area contributed by atoms with Crippen molar-refractivity contribution in [3.63, 3.8) is 0 Å². The van der Waals surface area contributed by atoms with E-state index in [0.29, 0.717) is 45.3 Å². The average Bonchev–Trinajstić information content (AvgIpc) is 3.03. The molecule has 0 spiro atoms. The van der Waals surface area contributed by atoms with Crippen LogP contribution in [0.5, 0.6) is 5.75 Å². The van der Waals surface area contributed by atoms with Crippen molar-refractivity contribution in [2.24, 2.45) is 17.1 Å². The summed E-state index contributed by atoms with van der Waals surface area (Å²) in [6.07, 6.45) is 3.52. The van der Waals surface area contributed by atoms with Gasteiger partial charge in [0.15, 0.2) is 0 Å². The molecule has 0 saturated heterocycles. The number of carbonyl (C=O) groups is 2. The van der Waals surface area contributed by atoms with Gasteiger partial charge in [-0.3, -0.25) is 9.59 Å². The maximum absolute atomic E-state index is 12.5. The van der Waals surface area contributed by atoms with Gasteiger partial charge in [-0.05, 0) is 60.8 Å². The van der Waals surface area contributed by atoms with Crippen molar-refractivity contribution >= 4 is 51.4 Å². The number of amides is 2. The van der Waals surface area contributed by atoms with Crippen molar-refractivity contribution in [3.05, 3.63) is 44.2 Å². The number of ether oxygens (including phenoxy) is 1. The molecule has 168 valence electrons. The van der Waals surface area contributed by atoms with E-state index < -0.39 is 5.91 Å². The molecule has 1 aliphatic rings. The maximum atomic E-state index is 12.5. The van der Waals surface area contributed by atoms with Gasteiger partial charge in [-0.2, -0.15) is 0 Å². The van der Waals surface area contributed by atoms with E-state index in [0.717, 1.165) is 29.7 Å². The number of carbonyl (C=O) groups excluding carboxylic acids is 2. The van der Waals surface area contributed by atoms with E-state index in [1.807, 2.05) is 0 Å². The highest BCUT2D eigenvalue weighted by molar-refractivity contribution is 7.17. The lowest BCUT2D eigenvalue weighted by atomic mass is 9.72. The van der Waals surface area contributed by atoms with Gasteiger partial charge in [0.25, 0.3) is 5.91 Å². The fourth-order valence-electron chi connectivity index (χ4n) is 3.87. The zero-order valence-corrected chi connectivity index (χ0v) is 20.3. The van der Waals surface area contributed by atoms with Crippen LogP contribution in [0, 0.1) is 11.3 Å². The van der Waals surface area contributed by atoms with Crippen LogP contribution in [0.15, 0.2) is 18.2 Å². The molecular formula is C23H28Cl2N2O3S. The minimum atomic E-state index is -0.484. The largest absolute Gasteiger partial charge is 0.492 e. The highest BCUT2D eigenvalue weighted by Crippen LogP contribution is 2.44. The zero-order valence-electron chi connectivity index (χ0n) is 18.0. The van der Waals surface area contributed by atoms with Crippen molar-refractivity contribution in [2.75, 3.05) is 11.9 Å². The normalized spacial score (nSPS) is 16.0. The molecule has 1 aromatic carbocycles. The predicted octanol–water partition coefficient (Wildman–Crippen LogP) is 6.10. The standard InChI is InChI=1S/C23H28Cl2N2O3S/c1-23(2,3)13-6-8-15-18(11-13)31-22(20(15)21(26)29)27-19(28)5-4-10-30-17-9-7-14(24)12-16(17)25/h7,9,12-13H,4-6,8,10-11H2,1-3H3,(H2,26,29)(H,27,28)/t13-/m1/s1. The maximum Gasteiger partial charge on any atom is 0.251 e. The summed E-state index contributed by atoms with van der Waals surface area (Å²) in [7, 11) is 0. The second-order valence-corrected chi connectivity index (χ2v) is 10.9. The Balaban J connectivity index is 1.59. The first kappa shape index (κ1) is 23.9. The quantitative estimate of drug-likeness (QED) is 0.467. The Bertz CT molecular complexity index is 982. The molecule has 0 aliphatic heterocycles. The van der Waals surface area contributed by atoms with Crippen LogP contribution in [-0.4, -0.2) is 18.4 Å². The first-order valence-corrected chi connectivity index (χ1v) is 12.0.